The molecule has 5 heteroatoms. The van der Waals surface area contributed by atoms with E-state index in [9.17, 15) is 9.59 Å². The summed E-state index contributed by atoms with van der Waals surface area (Å²) in [5, 5.41) is 3.08. The molecule has 1 atom stereocenters. The van der Waals surface area contributed by atoms with Crippen LogP contribution in [0.2, 0.25) is 0 Å². The predicted octanol–water partition coefficient (Wildman–Crippen LogP) is 3.90. The molecule has 2 aromatic carbocycles. The van der Waals surface area contributed by atoms with Gasteiger partial charge in [0.15, 0.2) is 0 Å². The number of rotatable bonds is 9. The summed E-state index contributed by atoms with van der Waals surface area (Å²) >= 11 is 0. The van der Waals surface area contributed by atoms with Crippen molar-refractivity contribution >= 4 is 11.8 Å². The number of carbonyl (C=O) groups excluding carboxylic acids is 2. The number of amides is 2. The Bertz CT molecular complexity index is 833. The first kappa shape index (κ1) is 22.0. The Morgan fingerprint density at radius 2 is 1.77 bits per heavy atom. The zero-order valence-electron chi connectivity index (χ0n) is 18.1. The average molecular weight is 408 g/mol. The first-order chi connectivity index (χ1) is 14.6. The lowest BCUT2D eigenvalue weighted by atomic mass is 10.0. The first-order valence-corrected chi connectivity index (χ1v) is 11.0. The van der Waals surface area contributed by atoms with E-state index in [1.165, 1.54) is 5.56 Å². The maximum absolute atomic E-state index is 13.2. The molecule has 0 bridgehead atoms. The maximum Gasteiger partial charge on any atom is 0.247 e. The SMILES string of the molecule is CCN(CC)Cc1cccc(CNC(=O)C(c2ccccc2)N2CCCCC2=O)c1. The minimum atomic E-state index is -0.571. The van der Waals surface area contributed by atoms with E-state index in [0.717, 1.165) is 43.6 Å². The number of carbonyl (C=O) groups is 2. The minimum Gasteiger partial charge on any atom is -0.350 e. The largest absolute Gasteiger partial charge is 0.350 e. The van der Waals surface area contributed by atoms with Gasteiger partial charge in [-0.05, 0) is 42.6 Å². The lowest BCUT2D eigenvalue weighted by Gasteiger charge is -2.34. The predicted molar refractivity (Wildman–Crippen MR) is 120 cm³/mol. The van der Waals surface area contributed by atoms with Crippen LogP contribution in [0.15, 0.2) is 54.6 Å². The Morgan fingerprint density at radius 3 is 2.47 bits per heavy atom. The molecule has 1 aliphatic heterocycles. The van der Waals surface area contributed by atoms with Gasteiger partial charge in [-0.25, -0.2) is 0 Å². The number of benzene rings is 2. The molecule has 0 saturated carbocycles. The maximum atomic E-state index is 13.2. The summed E-state index contributed by atoms with van der Waals surface area (Å²) < 4.78 is 0. The third-order valence-corrected chi connectivity index (χ3v) is 5.79. The molecule has 0 aliphatic carbocycles. The Morgan fingerprint density at radius 1 is 1.03 bits per heavy atom. The highest BCUT2D eigenvalue weighted by Crippen LogP contribution is 2.26. The summed E-state index contributed by atoms with van der Waals surface area (Å²) in [5.74, 6) is -0.0583. The van der Waals surface area contributed by atoms with Gasteiger partial charge in [0, 0.05) is 26.1 Å². The van der Waals surface area contributed by atoms with Gasteiger partial charge in [-0.2, -0.15) is 0 Å². The molecule has 5 nitrogen and oxygen atoms in total. The number of hydrogen-bond acceptors (Lipinski definition) is 3. The van der Waals surface area contributed by atoms with Crippen LogP contribution in [-0.2, 0) is 22.7 Å². The molecule has 3 rings (SSSR count). The van der Waals surface area contributed by atoms with E-state index in [-0.39, 0.29) is 11.8 Å². The summed E-state index contributed by atoms with van der Waals surface area (Å²) in [6.07, 6.45) is 2.36. The van der Waals surface area contributed by atoms with Crippen molar-refractivity contribution in [1.29, 1.82) is 0 Å². The highest BCUT2D eigenvalue weighted by molar-refractivity contribution is 5.89. The molecule has 2 amide bonds. The molecule has 0 radical (unpaired) electrons. The van der Waals surface area contributed by atoms with Crippen molar-refractivity contribution in [3.8, 4) is 0 Å². The number of nitrogens with one attached hydrogen (secondary N) is 1. The van der Waals surface area contributed by atoms with E-state index < -0.39 is 6.04 Å². The molecule has 1 aliphatic rings. The van der Waals surface area contributed by atoms with Gasteiger partial charge in [0.2, 0.25) is 11.8 Å². The van der Waals surface area contributed by atoms with Crippen molar-refractivity contribution in [2.45, 2.75) is 52.2 Å². The van der Waals surface area contributed by atoms with Gasteiger partial charge in [0.05, 0.1) is 0 Å². The molecule has 1 unspecified atom stereocenters. The van der Waals surface area contributed by atoms with Gasteiger partial charge in [0.25, 0.3) is 0 Å². The smallest absolute Gasteiger partial charge is 0.247 e. The third kappa shape index (κ3) is 5.70. The minimum absolute atomic E-state index is 0.0615. The standard InChI is InChI=1S/C25H33N3O2/c1-3-27(4-2)19-21-12-10-11-20(17-21)18-26-25(30)24(22-13-6-5-7-14-22)28-16-9-8-15-23(28)29/h5-7,10-14,17,24H,3-4,8-9,15-16,18-19H2,1-2H3,(H,26,30). The zero-order valence-corrected chi connectivity index (χ0v) is 18.1. The Kier molecular flexibility index (Phi) is 8.03. The van der Waals surface area contributed by atoms with Crippen LogP contribution in [0.5, 0.6) is 0 Å². The summed E-state index contributed by atoms with van der Waals surface area (Å²) in [5.41, 5.74) is 3.18. The van der Waals surface area contributed by atoms with Gasteiger partial charge in [-0.15, -0.1) is 0 Å². The normalized spacial score (nSPS) is 15.3. The van der Waals surface area contributed by atoms with Crippen molar-refractivity contribution < 1.29 is 9.59 Å². The quantitative estimate of drug-likeness (QED) is 0.686. The first-order valence-electron chi connectivity index (χ1n) is 11.0. The highest BCUT2D eigenvalue weighted by atomic mass is 16.2. The lowest BCUT2D eigenvalue weighted by molar-refractivity contribution is -0.142. The second kappa shape index (κ2) is 10.9. The van der Waals surface area contributed by atoms with E-state index in [4.69, 9.17) is 0 Å². The second-order valence-electron chi connectivity index (χ2n) is 7.86. The van der Waals surface area contributed by atoms with Crippen molar-refractivity contribution in [2.75, 3.05) is 19.6 Å². The van der Waals surface area contributed by atoms with E-state index in [0.29, 0.717) is 19.5 Å². The summed E-state index contributed by atoms with van der Waals surface area (Å²) in [6.45, 7) is 8.35. The number of piperidine rings is 1. The fourth-order valence-corrected chi connectivity index (χ4v) is 4.04. The van der Waals surface area contributed by atoms with E-state index >= 15 is 0 Å². The molecule has 1 N–H and O–H groups in total. The number of hydrogen-bond donors (Lipinski definition) is 1. The average Bonchev–Trinajstić information content (AvgIpc) is 2.78. The van der Waals surface area contributed by atoms with Gasteiger partial charge in [-0.3, -0.25) is 14.5 Å². The van der Waals surface area contributed by atoms with E-state index in [1.807, 2.05) is 42.5 Å². The molecular formula is C25H33N3O2. The number of nitrogens with zero attached hydrogens (tertiary/aromatic N) is 2. The van der Waals surface area contributed by atoms with Crippen LogP contribution in [0.25, 0.3) is 0 Å². The van der Waals surface area contributed by atoms with Crippen molar-refractivity contribution in [1.82, 2.24) is 15.1 Å². The van der Waals surface area contributed by atoms with Crippen LogP contribution >= 0.6 is 0 Å². The Labute approximate surface area is 180 Å². The van der Waals surface area contributed by atoms with Crippen LogP contribution in [0.4, 0.5) is 0 Å². The Hall–Kier alpha value is -2.66. The molecule has 160 valence electrons. The second-order valence-corrected chi connectivity index (χ2v) is 7.86. The monoisotopic (exact) mass is 407 g/mol. The van der Waals surface area contributed by atoms with Crippen LogP contribution in [0, 0.1) is 0 Å². The topological polar surface area (TPSA) is 52.7 Å². The fourth-order valence-electron chi connectivity index (χ4n) is 4.04. The molecule has 1 heterocycles. The molecule has 1 fully saturated rings. The van der Waals surface area contributed by atoms with Crippen molar-refractivity contribution in [2.24, 2.45) is 0 Å². The van der Waals surface area contributed by atoms with Gasteiger partial charge >= 0.3 is 0 Å². The molecule has 0 spiro atoms. The van der Waals surface area contributed by atoms with Crippen LogP contribution in [0.3, 0.4) is 0 Å². The highest BCUT2D eigenvalue weighted by Gasteiger charge is 2.32. The molecule has 0 aromatic heterocycles. The lowest BCUT2D eigenvalue weighted by Crippen LogP contribution is -2.45. The Balaban J connectivity index is 1.71. The third-order valence-electron chi connectivity index (χ3n) is 5.79. The van der Waals surface area contributed by atoms with Gasteiger partial charge in [0.1, 0.15) is 6.04 Å². The molecule has 1 saturated heterocycles. The van der Waals surface area contributed by atoms with Crippen LogP contribution < -0.4 is 5.32 Å². The van der Waals surface area contributed by atoms with E-state index in [2.05, 4.69) is 36.2 Å². The fraction of sp³-hybridized carbons (Fsp3) is 0.440. The van der Waals surface area contributed by atoms with Crippen molar-refractivity contribution in [3.05, 3.63) is 71.3 Å². The van der Waals surface area contributed by atoms with Crippen LogP contribution in [-0.4, -0.2) is 41.2 Å². The van der Waals surface area contributed by atoms with Gasteiger partial charge in [-0.1, -0.05) is 68.4 Å². The summed E-state index contributed by atoms with van der Waals surface area (Å²) in [4.78, 5) is 29.8. The van der Waals surface area contributed by atoms with Crippen molar-refractivity contribution in [3.63, 3.8) is 0 Å². The van der Waals surface area contributed by atoms with E-state index in [1.54, 1.807) is 4.90 Å². The summed E-state index contributed by atoms with van der Waals surface area (Å²) in [7, 11) is 0. The van der Waals surface area contributed by atoms with Crippen LogP contribution in [0.1, 0.15) is 55.8 Å². The zero-order chi connectivity index (χ0) is 21.3. The van der Waals surface area contributed by atoms with Gasteiger partial charge < -0.3 is 10.2 Å². The molecule has 30 heavy (non-hydrogen) atoms. The molecular weight excluding hydrogens is 374 g/mol. The summed E-state index contributed by atoms with van der Waals surface area (Å²) in [6, 6.07) is 17.4. The molecule has 2 aromatic rings. The number of likely N-dealkylation sites (tertiary alicyclic amines) is 1.